The van der Waals surface area contributed by atoms with Crippen LogP contribution in [0.3, 0.4) is 0 Å². The summed E-state index contributed by atoms with van der Waals surface area (Å²) in [5.41, 5.74) is 0.975. The third-order valence-corrected chi connectivity index (χ3v) is 3.54. The molecule has 0 aromatic heterocycles. The molecule has 2 aromatic carbocycles. The Morgan fingerprint density at radius 3 is 2.83 bits per heavy atom. The molecule has 0 bridgehead atoms. The fourth-order valence-corrected chi connectivity index (χ4v) is 2.26. The van der Waals surface area contributed by atoms with Gasteiger partial charge in [-0.15, -0.1) is 9.90 Å². The van der Waals surface area contributed by atoms with Gasteiger partial charge in [0.2, 0.25) is 0 Å². The van der Waals surface area contributed by atoms with Gasteiger partial charge in [-0.1, -0.05) is 17.7 Å². The second kappa shape index (κ2) is 5.13. The van der Waals surface area contributed by atoms with E-state index in [-0.39, 0.29) is 17.3 Å². The van der Waals surface area contributed by atoms with Crippen LogP contribution in [0.25, 0.3) is 11.6 Å². The maximum Gasteiger partial charge on any atom is 0.288 e. The maximum absolute atomic E-state index is 13.6. The van der Waals surface area contributed by atoms with E-state index in [1.165, 1.54) is 12.1 Å². The number of ether oxygens (including phenoxy) is 1. The fourth-order valence-electron chi connectivity index (χ4n) is 2.10. The van der Waals surface area contributed by atoms with Gasteiger partial charge in [0.25, 0.3) is 11.9 Å². The van der Waals surface area contributed by atoms with Crippen molar-refractivity contribution in [3.8, 4) is 17.4 Å². The molecule has 1 N–H and O–H groups in total. The summed E-state index contributed by atoms with van der Waals surface area (Å²) in [4.78, 5) is 13.6. The molecule has 0 spiro atoms. The lowest BCUT2D eigenvalue weighted by Gasteiger charge is -2.09. The Bertz CT molecular complexity index is 903. The molecule has 0 saturated heterocycles. The average molecular weight is 333 g/mol. The van der Waals surface area contributed by atoms with Crippen molar-refractivity contribution in [3.63, 3.8) is 0 Å². The van der Waals surface area contributed by atoms with Gasteiger partial charge in [0.15, 0.2) is 6.61 Å². The number of halogens is 2. The van der Waals surface area contributed by atoms with E-state index in [0.29, 0.717) is 5.75 Å². The lowest BCUT2D eigenvalue weighted by Crippen LogP contribution is -2.20. The molecule has 2 heterocycles. The van der Waals surface area contributed by atoms with Crippen LogP contribution in [0.2, 0.25) is 5.02 Å². The maximum atomic E-state index is 13.6. The lowest BCUT2D eigenvalue weighted by molar-refractivity contribution is -0.118. The minimum atomic E-state index is -0.594. The largest absolute Gasteiger partial charge is 0.484 e. The van der Waals surface area contributed by atoms with Crippen molar-refractivity contribution in [2.75, 3.05) is 11.9 Å². The van der Waals surface area contributed by atoms with E-state index in [2.05, 4.69) is 10.4 Å². The number of carbonyl (C=O) groups is 1. The van der Waals surface area contributed by atoms with Gasteiger partial charge in [0, 0.05) is 11.1 Å². The number of anilines is 1. The Balaban J connectivity index is 1.37. The van der Waals surface area contributed by atoms with Crippen LogP contribution in [0, 0.1) is 5.82 Å². The summed E-state index contributed by atoms with van der Waals surface area (Å²) in [6, 6.07) is 11.3. The van der Waals surface area contributed by atoms with E-state index in [1.54, 1.807) is 16.9 Å². The van der Waals surface area contributed by atoms with E-state index in [9.17, 15) is 9.18 Å². The number of rotatable bonds is 5. The van der Waals surface area contributed by atoms with E-state index in [4.69, 9.17) is 16.3 Å². The quantitative estimate of drug-likeness (QED) is 0.611. The van der Waals surface area contributed by atoms with Crippen molar-refractivity contribution < 1.29 is 13.9 Å². The number of amides is 1. The first kappa shape index (κ1) is 13.8. The summed E-state index contributed by atoms with van der Waals surface area (Å²) in [6.45, 7) is -0.226. The molecule has 0 radical (unpaired) electrons. The minimum Gasteiger partial charge on any atom is -0.484 e. The van der Waals surface area contributed by atoms with Crippen LogP contribution in [0.5, 0.6) is 5.75 Å². The molecule has 116 valence electrons. The van der Waals surface area contributed by atoms with Gasteiger partial charge >= 0.3 is 0 Å². The number of aromatic nitrogens is 3. The number of hydrogen-bond donors (Lipinski definition) is 1. The molecular formula is C15H10ClFN4O2. The molecule has 0 saturated carbocycles. The summed E-state index contributed by atoms with van der Waals surface area (Å²) in [5.74, 6) is 0.406. The molecule has 0 unspecified atom stereocenters. The van der Waals surface area contributed by atoms with Gasteiger partial charge in [0.05, 0.1) is 11.4 Å². The van der Waals surface area contributed by atoms with Crippen LogP contribution in [-0.2, 0) is 4.79 Å². The molecule has 8 heteroatoms. The summed E-state index contributed by atoms with van der Waals surface area (Å²) in [6.07, 6.45) is 0. The highest BCUT2D eigenvalue weighted by molar-refractivity contribution is 6.30. The number of hydrogen-bond acceptors (Lipinski definition) is 3. The van der Waals surface area contributed by atoms with E-state index in [0.717, 1.165) is 17.7 Å². The van der Waals surface area contributed by atoms with Gasteiger partial charge in [0.1, 0.15) is 11.6 Å². The molecule has 2 aliphatic rings. The number of carbonyl (C=O) groups excluding carboxylic acids is 1. The SMILES string of the molecule is O=C(COc1cccc(-n2c3nn2-3)c1)Nc1ccc(Cl)cc1F. The van der Waals surface area contributed by atoms with E-state index >= 15 is 0 Å². The fraction of sp³-hybridized carbons (Fsp3) is 0.0667. The van der Waals surface area contributed by atoms with Crippen LogP contribution in [0.4, 0.5) is 10.1 Å². The highest BCUT2D eigenvalue weighted by atomic mass is 35.5. The van der Waals surface area contributed by atoms with Gasteiger partial charge in [-0.2, -0.15) is 4.68 Å². The minimum absolute atomic E-state index is 0.0618. The monoisotopic (exact) mass is 332 g/mol. The standard InChI is InChI=1S/C15H10ClFN4O2/c16-9-4-5-13(12(17)6-9)18-14(22)8-23-11-3-1-2-10(7-11)20-15-19-21(15)20/h1-7H,8H2,(H,18,22). The molecular weight excluding hydrogens is 323 g/mol. The van der Waals surface area contributed by atoms with Gasteiger partial charge in [-0.3, -0.25) is 4.79 Å². The third kappa shape index (κ3) is 2.78. The third-order valence-electron chi connectivity index (χ3n) is 3.30. The van der Waals surface area contributed by atoms with Crippen LogP contribution < -0.4 is 10.1 Å². The second-order valence-electron chi connectivity index (χ2n) is 4.96. The summed E-state index contributed by atoms with van der Waals surface area (Å²) in [5, 5.41) is 6.65. The molecule has 0 aliphatic carbocycles. The van der Waals surface area contributed by atoms with E-state index < -0.39 is 11.7 Å². The molecule has 0 atom stereocenters. The zero-order valence-electron chi connectivity index (χ0n) is 11.7. The van der Waals surface area contributed by atoms with Gasteiger partial charge in [-0.25, -0.2) is 4.39 Å². The van der Waals surface area contributed by atoms with Crippen molar-refractivity contribution >= 4 is 23.2 Å². The van der Waals surface area contributed by atoms with Gasteiger partial charge < -0.3 is 10.1 Å². The Morgan fingerprint density at radius 2 is 2.13 bits per heavy atom. The molecule has 2 aromatic rings. The van der Waals surface area contributed by atoms with Crippen molar-refractivity contribution in [2.45, 2.75) is 0 Å². The highest BCUT2D eigenvalue weighted by Crippen LogP contribution is 2.30. The normalized spacial score (nSPS) is 11.4. The van der Waals surface area contributed by atoms with Crippen LogP contribution >= 0.6 is 11.6 Å². The number of benzene rings is 2. The summed E-state index contributed by atoms with van der Waals surface area (Å²) < 4.78 is 20.9. The molecule has 0 fully saturated rings. The molecule has 23 heavy (non-hydrogen) atoms. The Kier molecular flexibility index (Phi) is 3.09. The molecule has 2 aliphatic heterocycles. The summed E-state index contributed by atoms with van der Waals surface area (Å²) in [7, 11) is 0. The van der Waals surface area contributed by atoms with Crippen LogP contribution in [0.15, 0.2) is 42.5 Å². The predicted octanol–water partition coefficient (Wildman–Crippen LogP) is 2.79. The Labute approximate surface area is 135 Å². The first-order chi connectivity index (χ1) is 11.1. The molecule has 4 rings (SSSR count). The first-order valence-electron chi connectivity index (χ1n) is 6.78. The van der Waals surface area contributed by atoms with E-state index in [1.807, 2.05) is 16.8 Å². The number of nitrogens with zero attached hydrogens (tertiary/aromatic N) is 3. The van der Waals surface area contributed by atoms with Crippen molar-refractivity contribution in [3.05, 3.63) is 53.3 Å². The number of nitrogens with one attached hydrogen (secondary N) is 1. The topological polar surface area (TPSA) is 61.1 Å². The molecule has 1 amide bonds. The van der Waals surface area contributed by atoms with Crippen molar-refractivity contribution in [2.24, 2.45) is 0 Å². The molecule has 6 nitrogen and oxygen atoms in total. The Morgan fingerprint density at radius 1 is 1.30 bits per heavy atom. The average Bonchev–Trinajstić information content (AvgIpc) is 3.40. The predicted molar refractivity (Wildman–Crippen MR) is 82.0 cm³/mol. The van der Waals surface area contributed by atoms with Crippen molar-refractivity contribution in [1.29, 1.82) is 0 Å². The van der Waals surface area contributed by atoms with Crippen LogP contribution in [-0.4, -0.2) is 27.1 Å². The first-order valence-corrected chi connectivity index (χ1v) is 7.16. The van der Waals surface area contributed by atoms with Crippen LogP contribution in [0.1, 0.15) is 0 Å². The Hall–Kier alpha value is -2.80. The van der Waals surface area contributed by atoms with Crippen molar-refractivity contribution in [1.82, 2.24) is 14.6 Å². The lowest BCUT2D eigenvalue weighted by atomic mass is 10.3. The smallest absolute Gasteiger partial charge is 0.288 e. The zero-order valence-corrected chi connectivity index (χ0v) is 12.4. The highest BCUT2D eigenvalue weighted by Gasteiger charge is 2.35. The van der Waals surface area contributed by atoms with Gasteiger partial charge in [-0.05, 0) is 30.3 Å². The second-order valence-corrected chi connectivity index (χ2v) is 5.40. The zero-order chi connectivity index (χ0) is 16.0. The number of fused-ring (bicyclic) bond motifs is 1. The summed E-state index contributed by atoms with van der Waals surface area (Å²) >= 11 is 5.66.